The molecule has 0 aliphatic heterocycles. The molecule has 2 atom stereocenters. The van der Waals surface area contributed by atoms with Gasteiger partial charge in [-0.1, -0.05) is 78.7 Å². The van der Waals surface area contributed by atoms with Crippen LogP contribution >= 0.6 is 0 Å². The lowest BCUT2D eigenvalue weighted by molar-refractivity contribution is -0.123. The molecule has 1 saturated carbocycles. The summed E-state index contributed by atoms with van der Waals surface area (Å²) in [5.41, 5.74) is 2.70. The van der Waals surface area contributed by atoms with Crippen molar-refractivity contribution in [1.29, 1.82) is 0 Å². The van der Waals surface area contributed by atoms with Gasteiger partial charge in [-0.15, -0.1) is 0 Å². The van der Waals surface area contributed by atoms with E-state index >= 15 is 0 Å². The van der Waals surface area contributed by atoms with Gasteiger partial charge in [-0.3, -0.25) is 14.4 Å². The third-order valence-corrected chi connectivity index (χ3v) is 6.71. The predicted molar refractivity (Wildman–Crippen MR) is 111 cm³/mol. The number of fused-ring (bicyclic) bond motifs is 1. The fourth-order valence-corrected chi connectivity index (χ4v) is 5.39. The topological polar surface area (TPSA) is 51.2 Å². The Labute approximate surface area is 170 Å². The highest BCUT2D eigenvalue weighted by molar-refractivity contribution is 6.23. The van der Waals surface area contributed by atoms with E-state index in [1.54, 1.807) is 24.3 Å². The van der Waals surface area contributed by atoms with E-state index in [0.29, 0.717) is 28.7 Å². The molecule has 0 saturated heterocycles. The third-order valence-electron chi connectivity index (χ3n) is 6.71. The predicted octanol–water partition coefficient (Wildman–Crippen LogP) is 5.14. The van der Waals surface area contributed by atoms with Gasteiger partial charge in [0.2, 0.25) is 0 Å². The normalized spacial score (nSPS) is 25.4. The van der Waals surface area contributed by atoms with Crippen molar-refractivity contribution in [1.82, 2.24) is 0 Å². The Morgan fingerprint density at radius 3 is 2.10 bits per heavy atom. The summed E-state index contributed by atoms with van der Waals surface area (Å²) in [6.45, 7) is 0. The van der Waals surface area contributed by atoms with Gasteiger partial charge in [-0.2, -0.15) is 0 Å². The number of rotatable bonds is 4. The molecule has 1 spiro atoms. The summed E-state index contributed by atoms with van der Waals surface area (Å²) in [5, 5.41) is 0. The number of carbonyl (C=O) groups is 3. The maximum atomic E-state index is 13.7. The van der Waals surface area contributed by atoms with Crippen LogP contribution in [0.1, 0.15) is 52.8 Å². The molecule has 6 rings (SSSR count). The molecule has 0 unspecified atom stereocenters. The van der Waals surface area contributed by atoms with Crippen molar-refractivity contribution < 1.29 is 14.4 Å². The molecule has 3 heteroatoms. The van der Waals surface area contributed by atoms with Crippen LogP contribution < -0.4 is 0 Å². The van der Waals surface area contributed by atoms with Crippen LogP contribution in [0.3, 0.4) is 0 Å². The molecule has 0 N–H and O–H groups in total. The summed E-state index contributed by atoms with van der Waals surface area (Å²) >= 11 is 0. The number of ketones is 3. The van der Waals surface area contributed by atoms with Crippen LogP contribution in [0.5, 0.6) is 0 Å². The van der Waals surface area contributed by atoms with Gasteiger partial charge < -0.3 is 0 Å². The molecular formula is C26H22O3. The van der Waals surface area contributed by atoms with Crippen LogP contribution in [0.4, 0.5) is 0 Å². The van der Waals surface area contributed by atoms with Crippen LogP contribution in [-0.2, 0) is 4.79 Å². The smallest absolute Gasteiger partial charge is 0.190 e. The standard InChI is InChI=1S/C26H22O3/c27-21-16-26-14-8-7-13-19(26)15-20(21)22(24(28)17-9-3-1-4-10-17)23(26)25(29)18-11-5-2-6-12-18/h1-6,9-12,15,20H,7-8,13-14,16H2/t20-,26-/m0/s1. The summed E-state index contributed by atoms with van der Waals surface area (Å²) in [6, 6.07) is 18.2. The van der Waals surface area contributed by atoms with Gasteiger partial charge in [0, 0.05) is 34.1 Å². The Morgan fingerprint density at radius 1 is 0.828 bits per heavy atom. The zero-order chi connectivity index (χ0) is 20.0. The number of hydrogen-bond acceptors (Lipinski definition) is 3. The SMILES string of the molecule is O=C(C1=C(C(=O)c2ccccc2)[C@]23CCCCC2=C[C@H]1C(=O)C3)c1ccccc1. The lowest BCUT2D eigenvalue weighted by atomic mass is 9.51. The molecule has 2 bridgehead atoms. The molecule has 29 heavy (non-hydrogen) atoms. The molecule has 4 aliphatic carbocycles. The quantitative estimate of drug-likeness (QED) is 0.543. The second kappa shape index (κ2) is 6.77. The van der Waals surface area contributed by atoms with Crippen molar-refractivity contribution in [3.63, 3.8) is 0 Å². The molecule has 0 aromatic heterocycles. The van der Waals surface area contributed by atoms with E-state index in [1.165, 1.54) is 5.57 Å². The highest BCUT2D eigenvalue weighted by Gasteiger charge is 2.55. The average molecular weight is 382 g/mol. The molecular weight excluding hydrogens is 360 g/mol. The van der Waals surface area contributed by atoms with Crippen LogP contribution in [0.2, 0.25) is 0 Å². The van der Waals surface area contributed by atoms with E-state index in [-0.39, 0.29) is 17.3 Å². The lowest BCUT2D eigenvalue weighted by Crippen LogP contribution is -2.47. The number of hydrogen-bond donors (Lipinski definition) is 0. The van der Waals surface area contributed by atoms with Crippen molar-refractivity contribution in [3.05, 3.63) is 94.6 Å². The fraction of sp³-hybridized carbons (Fsp3) is 0.269. The zero-order valence-electron chi connectivity index (χ0n) is 16.2. The molecule has 3 nitrogen and oxygen atoms in total. The Morgan fingerprint density at radius 2 is 1.45 bits per heavy atom. The third kappa shape index (κ3) is 2.68. The van der Waals surface area contributed by atoms with E-state index in [1.807, 2.05) is 42.5 Å². The van der Waals surface area contributed by atoms with Crippen LogP contribution in [0.25, 0.3) is 0 Å². The van der Waals surface area contributed by atoms with E-state index in [9.17, 15) is 14.4 Å². The van der Waals surface area contributed by atoms with Crippen molar-refractivity contribution in [3.8, 4) is 0 Å². The van der Waals surface area contributed by atoms with Crippen molar-refractivity contribution in [2.75, 3.05) is 0 Å². The summed E-state index contributed by atoms with van der Waals surface area (Å²) in [5.74, 6) is -0.821. The minimum absolute atomic E-state index is 0.0690. The average Bonchev–Trinajstić information content (AvgIpc) is 2.78. The Bertz CT molecular complexity index is 1080. The first-order valence-corrected chi connectivity index (χ1v) is 10.3. The number of benzene rings is 2. The van der Waals surface area contributed by atoms with E-state index in [4.69, 9.17) is 0 Å². The van der Waals surface area contributed by atoms with Gasteiger partial charge in [0.05, 0.1) is 5.92 Å². The van der Waals surface area contributed by atoms with Gasteiger partial charge in [0.25, 0.3) is 0 Å². The summed E-state index contributed by atoms with van der Waals surface area (Å²) in [7, 11) is 0. The minimum Gasteiger partial charge on any atom is -0.299 e. The zero-order valence-corrected chi connectivity index (χ0v) is 16.2. The maximum absolute atomic E-state index is 13.7. The van der Waals surface area contributed by atoms with Gasteiger partial charge in [-0.05, 0) is 19.3 Å². The number of carbonyl (C=O) groups excluding carboxylic acids is 3. The first-order valence-electron chi connectivity index (χ1n) is 10.3. The van der Waals surface area contributed by atoms with Gasteiger partial charge in [0.15, 0.2) is 11.6 Å². The van der Waals surface area contributed by atoms with E-state index in [0.717, 1.165) is 25.7 Å². The Hall–Kier alpha value is -3.07. The van der Waals surface area contributed by atoms with Crippen LogP contribution in [0.15, 0.2) is 83.5 Å². The summed E-state index contributed by atoms with van der Waals surface area (Å²) in [4.78, 5) is 40.3. The van der Waals surface area contributed by atoms with Crippen LogP contribution in [-0.4, -0.2) is 17.3 Å². The minimum atomic E-state index is -0.600. The first-order chi connectivity index (χ1) is 14.1. The Balaban J connectivity index is 1.75. The molecule has 0 radical (unpaired) electrons. The molecule has 0 amide bonds. The van der Waals surface area contributed by atoms with Gasteiger partial charge in [-0.25, -0.2) is 0 Å². The second-order valence-electron chi connectivity index (χ2n) is 8.28. The van der Waals surface area contributed by atoms with Gasteiger partial charge in [0.1, 0.15) is 5.78 Å². The highest BCUT2D eigenvalue weighted by atomic mass is 16.1. The van der Waals surface area contributed by atoms with Crippen LogP contribution in [0, 0.1) is 11.3 Å². The molecule has 4 aliphatic rings. The Kier molecular flexibility index (Phi) is 4.20. The molecule has 2 aromatic carbocycles. The fourth-order valence-electron chi connectivity index (χ4n) is 5.39. The molecule has 144 valence electrons. The highest BCUT2D eigenvalue weighted by Crippen LogP contribution is 2.59. The second-order valence-corrected chi connectivity index (χ2v) is 8.28. The lowest BCUT2D eigenvalue weighted by Gasteiger charge is -2.50. The summed E-state index contributed by atoms with van der Waals surface area (Å²) < 4.78 is 0. The van der Waals surface area contributed by atoms with E-state index < -0.39 is 11.3 Å². The monoisotopic (exact) mass is 382 g/mol. The van der Waals surface area contributed by atoms with Crippen molar-refractivity contribution in [2.45, 2.75) is 32.1 Å². The van der Waals surface area contributed by atoms with E-state index in [2.05, 4.69) is 0 Å². The number of Topliss-reactive ketones (excluding diaryl/α,β-unsaturated/α-hetero) is 3. The van der Waals surface area contributed by atoms with Crippen molar-refractivity contribution >= 4 is 17.3 Å². The first kappa shape index (κ1) is 18.0. The largest absolute Gasteiger partial charge is 0.299 e. The van der Waals surface area contributed by atoms with Gasteiger partial charge >= 0.3 is 0 Å². The maximum Gasteiger partial charge on any atom is 0.190 e. The van der Waals surface area contributed by atoms with Crippen molar-refractivity contribution in [2.24, 2.45) is 11.3 Å². The number of allylic oxidation sites excluding steroid dienone is 4. The molecule has 2 aromatic rings. The molecule has 0 heterocycles. The molecule has 1 fully saturated rings. The summed E-state index contributed by atoms with van der Waals surface area (Å²) in [6.07, 6.45) is 6.06.